The van der Waals surface area contributed by atoms with Crippen molar-refractivity contribution in [1.82, 2.24) is 5.32 Å². The molecule has 1 nitrogen and oxygen atoms in total. The van der Waals surface area contributed by atoms with Crippen LogP contribution in [-0.4, -0.2) is 0 Å². The van der Waals surface area contributed by atoms with Gasteiger partial charge in [-0.15, -0.1) is 0 Å². The van der Waals surface area contributed by atoms with Gasteiger partial charge in [0, 0.05) is 0 Å². The first-order valence-corrected chi connectivity index (χ1v) is 7.76. The third kappa shape index (κ3) is 3.37. The molecule has 0 fully saturated rings. The molecule has 1 N–H and O–H groups in total. The van der Waals surface area contributed by atoms with Crippen molar-refractivity contribution in [3.8, 4) is 0 Å². The van der Waals surface area contributed by atoms with Gasteiger partial charge in [-0.1, -0.05) is 66.7 Å². The zero-order chi connectivity index (χ0) is 15.2. The molecule has 0 amide bonds. The molecule has 0 bridgehead atoms. The van der Waals surface area contributed by atoms with Gasteiger partial charge in [0.25, 0.3) is 0 Å². The molecule has 1 heteroatoms. The predicted octanol–water partition coefficient (Wildman–Crippen LogP) is 5.05. The summed E-state index contributed by atoms with van der Waals surface area (Å²) in [6, 6.07) is 19.6. The van der Waals surface area contributed by atoms with Crippen LogP contribution in [0.15, 0.2) is 85.1 Å². The zero-order valence-corrected chi connectivity index (χ0v) is 12.9. The normalized spacial score (nSPS) is 17.3. The van der Waals surface area contributed by atoms with Crippen LogP contribution >= 0.6 is 0 Å². The lowest BCUT2D eigenvalue weighted by atomic mass is 9.96. The molecule has 0 saturated carbocycles. The van der Waals surface area contributed by atoms with Gasteiger partial charge in [0.2, 0.25) is 0 Å². The van der Waals surface area contributed by atoms with Crippen LogP contribution in [0.25, 0.3) is 5.57 Å². The molecule has 1 heterocycles. The summed E-state index contributed by atoms with van der Waals surface area (Å²) in [6.45, 7) is 2.06. The number of hydrogen-bond donors (Lipinski definition) is 1. The molecule has 3 rings (SSSR count). The molecule has 0 radical (unpaired) electrons. The van der Waals surface area contributed by atoms with E-state index < -0.39 is 0 Å². The van der Waals surface area contributed by atoms with Gasteiger partial charge in [-0.3, -0.25) is 0 Å². The molecule has 0 saturated heterocycles. The Bertz CT molecular complexity index is 708. The minimum atomic E-state index is 0.228. The smallest absolute Gasteiger partial charge is 0.0701 e. The van der Waals surface area contributed by atoms with Crippen molar-refractivity contribution in [1.29, 1.82) is 0 Å². The Hall–Kier alpha value is -2.54. The van der Waals surface area contributed by atoms with Gasteiger partial charge < -0.3 is 5.32 Å². The van der Waals surface area contributed by atoms with Crippen molar-refractivity contribution >= 4 is 5.57 Å². The number of nitrogens with one attached hydrogen (secondary N) is 1. The van der Waals surface area contributed by atoms with Gasteiger partial charge in [0.05, 0.1) is 6.04 Å². The van der Waals surface area contributed by atoms with E-state index in [2.05, 4.69) is 91.1 Å². The highest BCUT2D eigenvalue weighted by molar-refractivity contribution is 5.75. The minimum Gasteiger partial charge on any atom is -0.381 e. The van der Waals surface area contributed by atoms with E-state index in [0.29, 0.717) is 0 Å². The van der Waals surface area contributed by atoms with E-state index in [9.17, 15) is 0 Å². The summed E-state index contributed by atoms with van der Waals surface area (Å²) in [5, 5.41) is 3.44. The van der Waals surface area contributed by atoms with Crippen molar-refractivity contribution < 1.29 is 0 Å². The second-order valence-corrected chi connectivity index (χ2v) is 5.48. The van der Waals surface area contributed by atoms with Gasteiger partial charge in [0.15, 0.2) is 0 Å². The van der Waals surface area contributed by atoms with Crippen LogP contribution in [0, 0.1) is 0 Å². The van der Waals surface area contributed by atoms with Crippen LogP contribution < -0.4 is 5.32 Å². The molecule has 0 aliphatic carbocycles. The van der Waals surface area contributed by atoms with Crippen molar-refractivity contribution in [2.75, 3.05) is 0 Å². The molecule has 0 aromatic heterocycles. The molecule has 22 heavy (non-hydrogen) atoms. The monoisotopic (exact) mass is 287 g/mol. The average molecular weight is 287 g/mol. The fourth-order valence-electron chi connectivity index (χ4n) is 2.71. The Kier molecular flexibility index (Phi) is 4.55. The van der Waals surface area contributed by atoms with Gasteiger partial charge in [-0.25, -0.2) is 0 Å². The standard InChI is InChI=1S/C21H21N/c1-2-3-8-17-9-7-12-20(15-17)21-16-19(13-14-22-21)18-10-5-4-6-11-18/h2-7,9-16,21-22H,8H2,1H3/b3-2+. The SMILES string of the molecule is C/C=C/Cc1cccc(C2C=C(c3ccccc3)C=CN2)c1. The molecular weight excluding hydrogens is 266 g/mol. The van der Waals surface area contributed by atoms with E-state index in [0.717, 1.165) is 6.42 Å². The lowest BCUT2D eigenvalue weighted by Gasteiger charge is -2.20. The largest absolute Gasteiger partial charge is 0.381 e. The van der Waals surface area contributed by atoms with E-state index in [1.54, 1.807) is 0 Å². The Labute approximate surface area is 132 Å². The van der Waals surface area contributed by atoms with Crippen LogP contribution in [0.5, 0.6) is 0 Å². The molecule has 1 unspecified atom stereocenters. The highest BCUT2D eigenvalue weighted by Crippen LogP contribution is 2.26. The third-order valence-electron chi connectivity index (χ3n) is 3.89. The molecule has 1 aliphatic rings. The first-order chi connectivity index (χ1) is 10.9. The van der Waals surface area contributed by atoms with Gasteiger partial charge >= 0.3 is 0 Å². The first kappa shape index (κ1) is 14.4. The van der Waals surface area contributed by atoms with Gasteiger partial charge in [0.1, 0.15) is 0 Å². The molecule has 0 spiro atoms. The molecule has 2 aromatic carbocycles. The van der Waals surface area contributed by atoms with E-state index in [1.165, 1.54) is 22.3 Å². The van der Waals surface area contributed by atoms with Crippen LogP contribution in [0.4, 0.5) is 0 Å². The summed E-state index contributed by atoms with van der Waals surface area (Å²) in [6.07, 6.45) is 11.8. The summed E-state index contributed by atoms with van der Waals surface area (Å²) < 4.78 is 0. The first-order valence-electron chi connectivity index (χ1n) is 7.76. The number of benzene rings is 2. The van der Waals surface area contributed by atoms with Gasteiger partial charge in [-0.2, -0.15) is 0 Å². The Morgan fingerprint density at radius 2 is 1.91 bits per heavy atom. The maximum Gasteiger partial charge on any atom is 0.0701 e. The Balaban J connectivity index is 1.86. The zero-order valence-electron chi connectivity index (χ0n) is 12.9. The van der Waals surface area contributed by atoms with Crippen molar-refractivity contribution in [3.05, 3.63) is 102 Å². The number of dihydropyridines is 1. The summed E-state index contributed by atoms with van der Waals surface area (Å²) in [7, 11) is 0. The third-order valence-corrected chi connectivity index (χ3v) is 3.89. The highest BCUT2D eigenvalue weighted by Gasteiger charge is 2.12. The van der Waals surface area contributed by atoms with E-state index in [1.807, 2.05) is 6.20 Å². The molecular formula is C21H21N. The number of allylic oxidation sites excluding steroid dienone is 4. The maximum atomic E-state index is 3.44. The summed E-state index contributed by atoms with van der Waals surface area (Å²) in [5.41, 5.74) is 5.18. The van der Waals surface area contributed by atoms with Crippen LogP contribution in [0.3, 0.4) is 0 Å². The van der Waals surface area contributed by atoms with Crippen LogP contribution in [0.1, 0.15) is 29.7 Å². The molecule has 1 atom stereocenters. The van der Waals surface area contributed by atoms with E-state index >= 15 is 0 Å². The van der Waals surface area contributed by atoms with Crippen molar-refractivity contribution in [2.45, 2.75) is 19.4 Å². The molecule has 1 aliphatic heterocycles. The topological polar surface area (TPSA) is 12.0 Å². The average Bonchev–Trinajstić information content (AvgIpc) is 2.61. The second kappa shape index (κ2) is 6.95. The summed E-state index contributed by atoms with van der Waals surface area (Å²) in [5.74, 6) is 0. The van der Waals surface area contributed by atoms with Crippen LogP contribution in [-0.2, 0) is 6.42 Å². The van der Waals surface area contributed by atoms with E-state index in [-0.39, 0.29) is 6.04 Å². The van der Waals surface area contributed by atoms with Crippen molar-refractivity contribution in [3.63, 3.8) is 0 Å². The predicted molar refractivity (Wildman–Crippen MR) is 94.4 cm³/mol. The maximum absolute atomic E-state index is 3.44. The quantitative estimate of drug-likeness (QED) is 0.776. The highest BCUT2D eigenvalue weighted by atomic mass is 14.9. The molecule has 110 valence electrons. The fraction of sp³-hybridized carbons (Fsp3) is 0.143. The van der Waals surface area contributed by atoms with Crippen LogP contribution in [0.2, 0.25) is 0 Å². The number of hydrogen-bond acceptors (Lipinski definition) is 1. The summed E-state index contributed by atoms with van der Waals surface area (Å²) >= 11 is 0. The van der Waals surface area contributed by atoms with E-state index in [4.69, 9.17) is 0 Å². The van der Waals surface area contributed by atoms with Gasteiger partial charge in [-0.05, 0) is 54.0 Å². The minimum absolute atomic E-state index is 0.228. The second-order valence-electron chi connectivity index (χ2n) is 5.48. The van der Waals surface area contributed by atoms with Crippen molar-refractivity contribution in [2.24, 2.45) is 0 Å². The Morgan fingerprint density at radius 3 is 2.73 bits per heavy atom. The summed E-state index contributed by atoms with van der Waals surface area (Å²) in [4.78, 5) is 0. The molecule has 2 aromatic rings. The lowest BCUT2D eigenvalue weighted by Crippen LogP contribution is -2.16. The lowest BCUT2D eigenvalue weighted by molar-refractivity contribution is 0.748. The Morgan fingerprint density at radius 1 is 1.05 bits per heavy atom. The fourth-order valence-corrected chi connectivity index (χ4v) is 2.71. The number of rotatable bonds is 4.